The lowest BCUT2D eigenvalue weighted by molar-refractivity contribution is -0.0883. The van der Waals surface area contributed by atoms with E-state index in [2.05, 4.69) is 20.4 Å². The van der Waals surface area contributed by atoms with E-state index < -0.39 is 11.7 Å². The Kier molecular flexibility index (Phi) is 7.14. The van der Waals surface area contributed by atoms with Gasteiger partial charge in [0.25, 0.3) is 0 Å². The monoisotopic (exact) mass is 433 g/mol. The van der Waals surface area contributed by atoms with E-state index in [9.17, 15) is 13.2 Å². The number of allylic oxidation sites excluding steroid dienone is 6. The lowest BCUT2D eigenvalue weighted by Crippen LogP contribution is -2.22. The second-order valence-electron chi connectivity index (χ2n) is 7.11. The van der Waals surface area contributed by atoms with Crippen LogP contribution in [0.5, 0.6) is 6.01 Å². The number of hydrogen-bond donors (Lipinski definition) is 1. The Morgan fingerprint density at radius 3 is 2.87 bits per heavy atom. The smallest absolute Gasteiger partial charge is 0.416 e. The minimum absolute atomic E-state index is 0.0743. The van der Waals surface area contributed by atoms with E-state index in [1.165, 1.54) is 13.2 Å². The molecule has 2 aromatic heterocycles. The average Bonchev–Trinajstić information content (AvgIpc) is 3.17. The lowest BCUT2D eigenvalue weighted by atomic mass is 10.0. The largest absolute Gasteiger partial charge is 0.467 e. The summed E-state index contributed by atoms with van der Waals surface area (Å²) in [5.74, 6) is 0.613. The number of halogens is 3. The molecule has 0 aromatic carbocycles. The molecule has 0 aliphatic carbocycles. The highest BCUT2D eigenvalue weighted by Crippen LogP contribution is 2.33. The maximum absolute atomic E-state index is 13.4. The van der Waals surface area contributed by atoms with Crippen LogP contribution in [0.25, 0.3) is 5.57 Å². The molecule has 3 heterocycles. The van der Waals surface area contributed by atoms with Gasteiger partial charge in [-0.3, -0.25) is 4.68 Å². The third-order valence-corrected chi connectivity index (χ3v) is 4.87. The summed E-state index contributed by atoms with van der Waals surface area (Å²) in [5.41, 5.74) is 1.16. The van der Waals surface area contributed by atoms with Crippen LogP contribution < -0.4 is 10.1 Å². The Hall–Kier alpha value is -3.10. The minimum Gasteiger partial charge on any atom is -0.467 e. The Balaban J connectivity index is 1.95. The van der Waals surface area contributed by atoms with Crippen molar-refractivity contribution in [3.8, 4) is 6.01 Å². The van der Waals surface area contributed by atoms with Gasteiger partial charge in [-0.15, -0.1) is 0 Å². The molecule has 9 heteroatoms. The van der Waals surface area contributed by atoms with Crippen LogP contribution in [0.1, 0.15) is 50.5 Å². The summed E-state index contributed by atoms with van der Waals surface area (Å²) in [6.07, 6.45) is 4.94. The first kappa shape index (κ1) is 22.6. The van der Waals surface area contributed by atoms with Crippen LogP contribution in [0.2, 0.25) is 0 Å². The number of nitrogens with one attached hydrogen (secondary N) is 1. The van der Waals surface area contributed by atoms with Gasteiger partial charge in [-0.05, 0) is 44.4 Å². The van der Waals surface area contributed by atoms with Crippen molar-refractivity contribution >= 4 is 11.4 Å². The molecule has 1 atom stereocenters. The number of fused-ring (bicyclic) bond motifs is 1. The van der Waals surface area contributed by atoms with Crippen molar-refractivity contribution in [1.29, 1.82) is 0 Å². The van der Waals surface area contributed by atoms with Gasteiger partial charge in [-0.2, -0.15) is 23.3 Å². The fourth-order valence-electron chi connectivity index (χ4n) is 3.50. The number of methoxy groups -OCH3 is 1. The SMILES string of the molecule is C\C=C/C(=C\C(=C\CC)C(F)(F)F)c1cc2n(n1)CCCC2Nc1ccnc(OC)n1. The Morgan fingerprint density at radius 1 is 1.39 bits per heavy atom. The second-order valence-corrected chi connectivity index (χ2v) is 7.11. The highest BCUT2D eigenvalue weighted by molar-refractivity contribution is 5.74. The van der Waals surface area contributed by atoms with Gasteiger partial charge in [0, 0.05) is 18.3 Å². The molecule has 0 saturated carbocycles. The van der Waals surface area contributed by atoms with Gasteiger partial charge >= 0.3 is 12.2 Å². The molecule has 1 aliphatic heterocycles. The average molecular weight is 433 g/mol. The number of ether oxygens (including phenoxy) is 1. The Labute approximate surface area is 179 Å². The first-order valence-electron chi connectivity index (χ1n) is 10.2. The maximum atomic E-state index is 13.4. The van der Waals surface area contributed by atoms with Crippen molar-refractivity contribution < 1.29 is 17.9 Å². The molecular formula is C22H26F3N5O. The number of hydrogen-bond acceptors (Lipinski definition) is 5. The summed E-state index contributed by atoms with van der Waals surface area (Å²) in [7, 11) is 1.50. The topological polar surface area (TPSA) is 64.9 Å². The number of rotatable bonds is 7. The van der Waals surface area contributed by atoms with Crippen LogP contribution in [0.15, 0.2) is 48.2 Å². The molecule has 1 unspecified atom stereocenters. The van der Waals surface area contributed by atoms with E-state index in [1.54, 1.807) is 38.3 Å². The molecule has 2 aromatic rings. The number of anilines is 1. The summed E-state index contributed by atoms with van der Waals surface area (Å²) in [4.78, 5) is 8.29. The highest BCUT2D eigenvalue weighted by atomic mass is 19.4. The van der Waals surface area contributed by atoms with Crippen molar-refractivity contribution in [2.24, 2.45) is 0 Å². The molecule has 0 radical (unpaired) electrons. The highest BCUT2D eigenvalue weighted by Gasteiger charge is 2.32. The molecule has 0 saturated heterocycles. The first-order chi connectivity index (χ1) is 14.9. The van der Waals surface area contributed by atoms with Gasteiger partial charge in [0.2, 0.25) is 0 Å². The van der Waals surface area contributed by atoms with E-state index >= 15 is 0 Å². The van der Waals surface area contributed by atoms with Crippen LogP contribution in [0.4, 0.5) is 19.0 Å². The molecule has 0 amide bonds. The predicted molar refractivity (Wildman–Crippen MR) is 114 cm³/mol. The molecule has 6 nitrogen and oxygen atoms in total. The standard InChI is InChI=1S/C22H26F3N5O/c1-4-7-15(13-16(8-5-2)22(23,24)25)18-14-19-17(9-6-12-30(19)29-18)27-20-10-11-26-21(28-20)31-3/h4,7-8,10-11,13-14,17H,5-6,9,12H2,1-3H3,(H,26,27,28)/b7-4-,15-13+,16-8-. The summed E-state index contributed by atoms with van der Waals surface area (Å²) in [6.45, 7) is 4.16. The zero-order chi connectivity index (χ0) is 22.4. The molecule has 0 spiro atoms. The zero-order valence-corrected chi connectivity index (χ0v) is 17.8. The maximum Gasteiger partial charge on any atom is 0.416 e. The Morgan fingerprint density at radius 2 is 2.19 bits per heavy atom. The number of aromatic nitrogens is 4. The van der Waals surface area contributed by atoms with E-state index in [-0.39, 0.29) is 12.1 Å². The lowest BCUT2D eigenvalue weighted by Gasteiger charge is -2.24. The van der Waals surface area contributed by atoms with Gasteiger partial charge < -0.3 is 10.1 Å². The van der Waals surface area contributed by atoms with Crippen LogP contribution in [-0.4, -0.2) is 33.0 Å². The molecular weight excluding hydrogens is 407 g/mol. The normalized spacial score (nSPS) is 17.7. The van der Waals surface area contributed by atoms with Crippen molar-refractivity contribution in [2.45, 2.75) is 51.9 Å². The quantitative estimate of drug-likeness (QED) is 0.585. The fraction of sp³-hybridized carbons (Fsp3) is 0.409. The second kappa shape index (κ2) is 9.80. The van der Waals surface area contributed by atoms with Gasteiger partial charge in [0.15, 0.2) is 0 Å². The summed E-state index contributed by atoms with van der Waals surface area (Å²) < 4.78 is 47.2. The van der Waals surface area contributed by atoms with Gasteiger partial charge in [-0.25, -0.2) is 4.98 Å². The van der Waals surface area contributed by atoms with Gasteiger partial charge in [0.05, 0.1) is 30.1 Å². The number of aryl methyl sites for hydroxylation is 1. The van der Waals surface area contributed by atoms with Gasteiger partial charge in [0.1, 0.15) is 5.82 Å². The molecule has 0 bridgehead atoms. The van der Waals surface area contributed by atoms with Crippen LogP contribution in [-0.2, 0) is 6.54 Å². The van der Waals surface area contributed by atoms with Crippen LogP contribution in [0.3, 0.4) is 0 Å². The third kappa shape index (κ3) is 5.53. The van der Waals surface area contributed by atoms with E-state index in [4.69, 9.17) is 4.74 Å². The van der Waals surface area contributed by atoms with Crippen LogP contribution in [0, 0.1) is 0 Å². The summed E-state index contributed by atoms with van der Waals surface area (Å²) in [6, 6.07) is 3.78. The third-order valence-electron chi connectivity index (χ3n) is 4.87. The van der Waals surface area contributed by atoms with Crippen molar-refractivity contribution in [2.75, 3.05) is 12.4 Å². The van der Waals surface area contributed by atoms with E-state index in [1.807, 2.05) is 10.7 Å². The molecule has 3 rings (SSSR count). The fourth-order valence-corrected chi connectivity index (χ4v) is 3.50. The van der Waals surface area contributed by atoms with E-state index in [0.717, 1.165) is 24.6 Å². The molecule has 1 N–H and O–H groups in total. The minimum atomic E-state index is -4.42. The predicted octanol–water partition coefficient (Wildman–Crippen LogP) is 5.49. The van der Waals surface area contributed by atoms with Crippen LogP contribution >= 0.6 is 0 Å². The van der Waals surface area contributed by atoms with E-state index in [0.29, 0.717) is 30.1 Å². The number of nitrogens with zero attached hydrogens (tertiary/aromatic N) is 4. The summed E-state index contributed by atoms with van der Waals surface area (Å²) in [5, 5.41) is 7.96. The molecule has 166 valence electrons. The molecule has 0 fully saturated rings. The Bertz CT molecular complexity index is 991. The first-order valence-corrected chi connectivity index (χ1v) is 10.2. The van der Waals surface area contributed by atoms with Crippen molar-refractivity contribution in [3.63, 3.8) is 0 Å². The molecule has 1 aliphatic rings. The molecule has 31 heavy (non-hydrogen) atoms. The van der Waals surface area contributed by atoms with Gasteiger partial charge in [-0.1, -0.05) is 25.2 Å². The zero-order valence-electron chi connectivity index (χ0n) is 17.8. The van der Waals surface area contributed by atoms with Crippen molar-refractivity contribution in [3.05, 3.63) is 59.6 Å². The number of alkyl halides is 3. The summed E-state index contributed by atoms with van der Waals surface area (Å²) >= 11 is 0. The van der Waals surface area contributed by atoms with Crippen molar-refractivity contribution in [1.82, 2.24) is 19.7 Å².